The molecular formula is C27H24Cl2N2O5. The summed E-state index contributed by atoms with van der Waals surface area (Å²) in [6.45, 7) is 0. The standard InChI is InChI=1S/C27H24Cl2N2O5/c1-30(2)17-8-5-15(6-9-17)24-23(25(32)16-7-10-21(28)22(29)11-16)26(33)27(34)31(24)18-12-19(35-3)14-20(13-18)36-4/h5-14,24,32H,1-4H3/b25-23+. The third-order valence-electron chi connectivity index (χ3n) is 5.98. The molecule has 0 radical (unpaired) electrons. The number of aliphatic hydroxyl groups excluding tert-OH is 1. The fourth-order valence-corrected chi connectivity index (χ4v) is 4.40. The number of anilines is 2. The van der Waals surface area contributed by atoms with E-state index in [0.29, 0.717) is 27.8 Å². The van der Waals surface area contributed by atoms with Crippen LogP contribution in [0.25, 0.3) is 5.76 Å². The number of carbonyl (C=O) groups is 2. The van der Waals surface area contributed by atoms with E-state index >= 15 is 0 Å². The van der Waals surface area contributed by atoms with Crippen molar-refractivity contribution in [3.63, 3.8) is 0 Å². The van der Waals surface area contributed by atoms with Gasteiger partial charge >= 0.3 is 0 Å². The first kappa shape index (κ1) is 25.4. The van der Waals surface area contributed by atoms with Crippen LogP contribution in [0.4, 0.5) is 11.4 Å². The number of halogens is 2. The van der Waals surface area contributed by atoms with Crippen LogP contribution in [0.3, 0.4) is 0 Å². The maximum absolute atomic E-state index is 13.4. The first-order chi connectivity index (χ1) is 17.2. The number of hydrogen-bond acceptors (Lipinski definition) is 6. The van der Waals surface area contributed by atoms with Crippen molar-refractivity contribution in [2.24, 2.45) is 0 Å². The Bertz CT molecular complexity index is 1350. The highest BCUT2D eigenvalue weighted by molar-refractivity contribution is 6.52. The lowest BCUT2D eigenvalue weighted by Crippen LogP contribution is -2.29. The Hall–Kier alpha value is -3.68. The summed E-state index contributed by atoms with van der Waals surface area (Å²) in [5.74, 6) is -1.10. The smallest absolute Gasteiger partial charge is 0.300 e. The molecule has 1 heterocycles. The van der Waals surface area contributed by atoms with Gasteiger partial charge in [-0.05, 0) is 35.9 Å². The normalized spacial score (nSPS) is 16.8. The Morgan fingerprint density at radius 1 is 0.889 bits per heavy atom. The fourth-order valence-electron chi connectivity index (χ4n) is 4.10. The number of amides is 1. The van der Waals surface area contributed by atoms with Crippen LogP contribution < -0.4 is 19.3 Å². The Morgan fingerprint density at radius 2 is 1.50 bits per heavy atom. The Labute approximate surface area is 219 Å². The van der Waals surface area contributed by atoms with Crippen molar-refractivity contribution in [3.05, 3.63) is 87.4 Å². The number of rotatable bonds is 6. The highest BCUT2D eigenvalue weighted by Gasteiger charge is 2.47. The summed E-state index contributed by atoms with van der Waals surface area (Å²) in [4.78, 5) is 30.1. The first-order valence-electron chi connectivity index (χ1n) is 10.9. The van der Waals surface area contributed by atoms with Crippen molar-refractivity contribution < 1.29 is 24.2 Å². The summed E-state index contributed by atoms with van der Waals surface area (Å²) < 4.78 is 10.7. The molecule has 1 amide bonds. The number of methoxy groups -OCH3 is 2. The predicted octanol–water partition coefficient (Wildman–Crippen LogP) is 5.70. The highest BCUT2D eigenvalue weighted by atomic mass is 35.5. The van der Waals surface area contributed by atoms with E-state index in [0.717, 1.165) is 5.69 Å². The lowest BCUT2D eigenvalue weighted by atomic mass is 9.95. The Kier molecular flexibility index (Phi) is 7.15. The van der Waals surface area contributed by atoms with Crippen LogP contribution in [0.15, 0.2) is 66.2 Å². The number of nitrogens with zero attached hydrogens (tertiary/aromatic N) is 2. The van der Waals surface area contributed by atoms with E-state index in [1.165, 1.54) is 37.3 Å². The van der Waals surface area contributed by atoms with Crippen molar-refractivity contribution >= 4 is 52.0 Å². The second kappa shape index (κ2) is 10.1. The van der Waals surface area contributed by atoms with Gasteiger partial charge in [-0.1, -0.05) is 35.3 Å². The molecule has 1 fully saturated rings. The van der Waals surface area contributed by atoms with Crippen molar-refractivity contribution in [1.29, 1.82) is 0 Å². The lowest BCUT2D eigenvalue weighted by Gasteiger charge is -2.26. The van der Waals surface area contributed by atoms with Gasteiger partial charge in [-0.15, -0.1) is 0 Å². The summed E-state index contributed by atoms with van der Waals surface area (Å²) in [6.07, 6.45) is 0. The largest absolute Gasteiger partial charge is 0.507 e. The van der Waals surface area contributed by atoms with E-state index < -0.39 is 17.7 Å². The third-order valence-corrected chi connectivity index (χ3v) is 6.72. The highest BCUT2D eigenvalue weighted by Crippen LogP contribution is 2.44. The van der Waals surface area contributed by atoms with Gasteiger partial charge in [0.2, 0.25) is 0 Å². The monoisotopic (exact) mass is 526 g/mol. The zero-order valence-electron chi connectivity index (χ0n) is 20.1. The van der Waals surface area contributed by atoms with E-state index in [2.05, 4.69) is 0 Å². The van der Waals surface area contributed by atoms with Crippen molar-refractivity contribution in [2.45, 2.75) is 6.04 Å². The summed E-state index contributed by atoms with van der Waals surface area (Å²) in [6, 6.07) is 15.9. The van der Waals surface area contributed by atoms with Crippen LogP contribution in [-0.4, -0.2) is 45.1 Å². The van der Waals surface area contributed by atoms with Gasteiger partial charge in [0.05, 0.1) is 41.6 Å². The van der Waals surface area contributed by atoms with Gasteiger partial charge in [-0.2, -0.15) is 0 Å². The van der Waals surface area contributed by atoms with Crippen LogP contribution in [0.1, 0.15) is 17.2 Å². The zero-order valence-corrected chi connectivity index (χ0v) is 21.6. The minimum atomic E-state index is -0.924. The molecule has 1 saturated heterocycles. The van der Waals surface area contributed by atoms with Gasteiger partial charge in [-0.25, -0.2) is 0 Å². The summed E-state index contributed by atoms with van der Waals surface area (Å²) in [5.41, 5.74) is 2.13. The average molecular weight is 527 g/mol. The van der Waals surface area contributed by atoms with Crippen LogP contribution in [0, 0.1) is 0 Å². The minimum absolute atomic E-state index is 0.0715. The van der Waals surface area contributed by atoms with Gasteiger partial charge in [-0.3, -0.25) is 14.5 Å². The first-order valence-corrected chi connectivity index (χ1v) is 11.7. The second-order valence-electron chi connectivity index (χ2n) is 8.35. The summed E-state index contributed by atoms with van der Waals surface area (Å²) in [7, 11) is 6.81. The molecule has 186 valence electrons. The molecule has 7 nitrogen and oxygen atoms in total. The molecule has 3 aromatic rings. The van der Waals surface area contributed by atoms with E-state index in [4.69, 9.17) is 32.7 Å². The topological polar surface area (TPSA) is 79.3 Å². The summed E-state index contributed by atoms with van der Waals surface area (Å²) in [5, 5.41) is 11.8. The van der Waals surface area contributed by atoms with Crippen molar-refractivity contribution in [3.8, 4) is 11.5 Å². The molecule has 36 heavy (non-hydrogen) atoms. The van der Waals surface area contributed by atoms with E-state index in [-0.39, 0.29) is 21.9 Å². The van der Waals surface area contributed by atoms with Gasteiger partial charge in [0, 0.05) is 43.5 Å². The molecule has 1 N–H and O–H groups in total. The fraction of sp³-hybridized carbons (Fsp3) is 0.185. The quantitative estimate of drug-likeness (QED) is 0.252. The molecule has 1 aliphatic heterocycles. The van der Waals surface area contributed by atoms with E-state index in [1.54, 1.807) is 18.2 Å². The molecule has 0 bridgehead atoms. The lowest BCUT2D eigenvalue weighted by molar-refractivity contribution is -0.132. The molecule has 4 rings (SSSR count). The van der Waals surface area contributed by atoms with Crippen LogP contribution in [0.5, 0.6) is 11.5 Å². The Balaban J connectivity index is 1.96. The van der Waals surface area contributed by atoms with Crippen molar-refractivity contribution in [2.75, 3.05) is 38.1 Å². The number of benzene rings is 3. The molecule has 0 aliphatic carbocycles. The van der Waals surface area contributed by atoms with Gasteiger partial charge in [0.15, 0.2) is 0 Å². The van der Waals surface area contributed by atoms with Crippen LogP contribution in [-0.2, 0) is 9.59 Å². The third kappa shape index (κ3) is 4.59. The number of hydrogen-bond donors (Lipinski definition) is 1. The van der Waals surface area contributed by atoms with E-state index in [1.807, 2.05) is 43.3 Å². The molecule has 1 unspecified atom stereocenters. The number of carbonyl (C=O) groups excluding carboxylic acids is 2. The van der Waals surface area contributed by atoms with Crippen LogP contribution in [0.2, 0.25) is 10.0 Å². The van der Waals surface area contributed by atoms with Gasteiger partial charge in [0.1, 0.15) is 17.3 Å². The minimum Gasteiger partial charge on any atom is -0.507 e. The SMILES string of the molecule is COc1cc(OC)cc(N2C(=O)C(=O)/C(=C(/O)c3ccc(Cl)c(Cl)c3)C2c2ccc(N(C)C)cc2)c1. The van der Waals surface area contributed by atoms with Crippen molar-refractivity contribution in [1.82, 2.24) is 0 Å². The molecule has 0 saturated carbocycles. The number of Topliss-reactive ketones (excluding diaryl/α,β-unsaturated/α-hetero) is 1. The summed E-state index contributed by atoms with van der Waals surface area (Å²) >= 11 is 12.2. The molecule has 1 aliphatic rings. The molecule has 3 aromatic carbocycles. The molecule has 0 aromatic heterocycles. The number of ketones is 1. The predicted molar refractivity (Wildman–Crippen MR) is 142 cm³/mol. The van der Waals surface area contributed by atoms with Gasteiger partial charge in [0.25, 0.3) is 11.7 Å². The molecule has 0 spiro atoms. The Morgan fingerprint density at radius 3 is 2.03 bits per heavy atom. The second-order valence-corrected chi connectivity index (χ2v) is 9.17. The zero-order chi connectivity index (χ0) is 26.1. The average Bonchev–Trinajstić information content (AvgIpc) is 3.15. The number of ether oxygens (including phenoxy) is 2. The maximum atomic E-state index is 13.4. The molecule has 9 heteroatoms. The van der Waals surface area contributed by atoms with Gasteiger partial charge < -0.3 is 19.5 Å². The molecular weight excluding hydrogens is 503 g/mol. The molecule has 1 atom stereocenters. The maximum Gasteiger partial charge on any atom is 0.300 e. The van der Waals surface area contributed by atoms with Crippen LogP contribution >= 0.6 is 23.2 Å². The number of aliphatic hydroxyl groups is 1. The van der Waals surface area contributed by atoms with E-state index in [9.17, 15) is 14.7 Å².